The molecule has 86 valence electrons. The number of hydrogen-bond acceptors (Lipinski definition) is 5. The summed E-state index contributed by atoms with van der Waals surface area (Å²) in [7, 11) is 0. The van der Waals surface area contributed by atoms with E-state index in [1.165, 1.54) is 12.1 Å². The summed E-state index contributed by atoms with van der Waals surface area (Å²) in [5.41, 5.74) is -0.263. The Balaban J connectivity index is 2.35. The Morgan fingerprint density at radius 1 is 1.18 bits per heavy atom. The SMILES string of the molecule is O=C(O)c1cc(=O)c2cc3c(cc2o1)OCO3. The van der Waals surface area contributed by atoms with Crippen molar-refractivity contribution in [2.45, 2.75) is 0 Å². The van der Waals surface area contributed by atoms with E-state index in [0.717, 1.165) is 6.07 Å². The Bertz CT molecular complexity index is 684. The highest BCUT2D eigenvalue weighted by Crippen LogP contribution is 2.35. The van der Waals surface area contributed by atoms with Gasteiger partial charge in [0.2, 0.25) is 12.6 Å². The van der Waals surface area contributed by atoms with Crippen molar-refractivity contribution in [2.24, 2.45) is 0 Å². The van der Waals surface area contributed by atoms with E-state index in [1.54, 1.807) is 0 Å². The van der Waals surface area contributed by atoms with Crippen LogP contribution in [0.15, 0.2) is 27.4 Å². The second-order valence-corrected chi connectivity index (χ2v) is 3.48. The first-order valence-electron chi connectivity index (χ1n) is 4.76. The van der Waals surface area contributed by atoms with Crippen LogP contribution in [-0.2, 0) is 0 Å². The van der Waals surface area contributed by atoms with Gasteiger partial charge in [0.15, 0.2) is 16.9 Å². The van der Waals surface area contributed by atoms with Crippen molar-refractivity contribution >= 4 is 16.9 Å². The lowest BCUT2D eigenvalue weighted by atomic mass is 10.2. The summed E-state index contributed by atoms with van der Waals surface area (Å²) in [6.45, 7) is 0.0750. The fourth-order valence-corrected chi connectivity index (χ4v) is 1.65. The van der Waals surface area contributed by atoms with Crippen molar-refractivity contribution in [3.05, 3.63) is 34.2 Å². The van der Waals surface area contributed by atoms with E-state index in [9.17, 15) is 9.59 Å². The monoisotopic (exact) mass is 234 g/mol. The highest BCUT2D eigenvalue weighted by molar-refractivity contribution is 5.88. The second-order valence-electron chi connectivity index (χ2n) is 3.48. The Labute approximate surface area is 94.0 Å². The molecule has 0 unspecified atom stereocenters. The average molecular weight is 234 g/mol. The molecule has 1 aromatic carbocycles. The predicted molar refractivity (Wildman–Crippen MR) is 55.6 cm³/mol. The highest BCUT2D eigenvalue weighted by atomic mass is 16.7. The third-order valence-corrected chi connectivity index (χ3v) is 2.43. The van der Waals surface area contributed by atoms with Gasteiger partial charge in [0.05, 0.1) is 5.39 Å². The van der Waals surface area contributed by atoms with Crippen molar-refractivity contribution in [2.75, 3.05) is 6.79 Å². The maximum absolute atomic E-state index is 11.7. The number of benzene rings is 1. The van der Waals surface area contributed by atoms with Crippen LogP contribution in [0.25, 0.3) is 11.0 Å². The molecule has 0 radical (unpaired) electrons. The molecule has 2 aromatic rings. The molecular formula is C11H6O6. The van der Waals surface area contributed by atoms with Gasteiger partial charge in [-0.25, -0.2) is 4.79 Å². The third-order valence-electron chi connectivity index (χ3n) is 2.43. The molecule has 0 bridgehead atoms. The van der Waals surface area contributed by atoms with Gasteiger partial charge in [0, 0.05) is 12.1 Å². The van der Waals surface area contributed by atoms with Gasteiger partial charge in [-0.3, -0.25) is 4.79 Å². The molecule has 1 N–H and O–H groups in total. The van der Waals surface area contributed by atoms with E-state index >= 15 is 0 Å². The molecule has 1 aliphatic heterocycles. The minimum Gasteiger partial charge on any atom is -0.475 e. The van der Waals surface area contributed by atoms with E-state index in [4.69, 9.17) is 19.0 Å². The first-order valence-corrected chi connectivity index (χ1v) is 4.76. The lowest BCUT2D eigenvalue weighted by molar-refractivity contribution is 0.0663. The Morgan fingerprint density at radius 2 is 1.88 bits per heavy atom. The minimum atomic E-state index is -1.29. The van der Waals surface area contributed by atoms with Gasteiger partial charge in [-0.1, -0.05) is 0 Å². The van der Waals surface area contributed by atoms with E-state index in [0.29, 0.717) is 11.5 Å². The van der Waals surface area contributed by atoms with E-state index < -0.39 is 17.2 Å². The fraction of sp³-hybridized carbons (Fsp3) is 0.0909. The van der Waals surface area contributed by atoms with Gasteiger partial charge in [-0.15, -0.1) is 0 Å². The smallest absolute Gasteiger partial charge is 0.371 e. The molecule has 0 aliphatic carbocycles. The van der Waals surface area contributed by atoms with Crippen LogP contribution in [-0.4, -0.2) is 17.9 Å². The molecule has 0 fully saturated rings. The maximum Gasteiger partial charge on any atom is 0.371 e. The van der Waals surface area contributed by atoms with Crippen molar-refractivity contribution in [1.82, 2.24) is 0 Å². The molecule has 0 amide bonds. The standard InChI is InChI=1S/C11H6O6/c12-6-2-10(11(13)14)17-7-3-9-8(1-5(6)7)15-4-16-9/h1-3H,4H2,(H,13,14). The van der Waals surface area contributed by atoms with Crippen molar-refractivity contribution in [3.8, 4) is 11.5 Å². The summed E-state index contributed by atoms with van der Waals surface area (Å²) >= 11 is 0. The Hall–Kier alpha value is -2.50. The molecule has 0 saturated heterocycles. The zero-order valence-electron chi connectivity index (χ0n) is 8.43. The van der Waals surface area contributed by atoms with Crippen LogP contribution < -0.4 is 14.9 Å². The first-order chi connectivity index (χ1) is 8.15. The lowest BCUT2D eigenvalue weighted by Crippen LogP contribution is -2.06. The highest BCUT2D eigenvalue weighted by Gasteiger charge is 2.18. The molecule has 2 heterocycles. The van der Waals surface area contributed by atoms with Crippen LogP contribution in [0.5, 0.6) is 11.5 Å². The summed E-state index contributed by atoms with van der Waals surface area (Å²) in [4.78, 5) is 22.4. The van der Waals surface area contributed by atoms with Crippen LogP contribution >= 0.6 is 0 Å². The number of aromatic carboxylic acids is 1. The number of ether oxygens (including phenoxy) is 2. The predicted octanol–water partition coefficient (Wildman–Crippen LogP) is 1.22. The number of hydrogen-bond donors (Lipinski definition) is 1. The fourth-order valence-electron chi connectivity index (χ4n) is 1.65. The number of carboxylic acid groups (broad SMARTS) is 1. The average Bonchev–Trinajstić information content (AvgIpc) is 2.73. The minimum absolute atomic E-state index is 0.0750. The van der Waals surface area contributed by atoms with Crippen LogP contribution in [0.4, 0.5) is 0 Å². The van der Waals surface area contributed by atoms with Crippen LogP contribution in [0.1, 0.15) is 10.6 Å². The summed E-state index contributed by atoms with van der Waals surface area (Å²) < 4.78 is 15.3. The Kier molecular flexibility index (Phi) is 1.85. The molecule has 1 aliphatic rings. The number of carboxylic acids is 1. The number of fused-ring (bicyclic) bond motifs is 2. The lowest BCUT2D eigenvalue weighted by Gasteiger charge is -2.00. The summed E-state index contributed by atoms with van der Waals surface area (Å²) in [5, 5.41) is 9.04. The summed E-state index contributed by atoms with van der Waals surface area (Å²) in [5.74, 6) is -0.806. The van der Waals surface area contributed by atoms with Crippen LogP contribution in [0, 0.1) is 0 Å². The molecule has 0 atom stereocenters. The first kappa shape index (κ1) is 9.71. The zero-order valence-corrected chi connectivity index (χ0v) is 8.43. The van der Waals surface area contributed by atoms with E-state index in [2.05, 4.69) is 0 Å². The van der Waals surface area contributed by atoms with Crippen molar-refractivity contribution in [1.29, 1.82) is 0 Å². The normalized spacial score (nSPS) is 12.9. The summed E-state index contributed by atoms with van der Waals surface area (Å²) in [6.07, 6.45) is 0. The van der Waals surface area contributed by atoms with E-state index in [-0.39, 0.29) is 17.8 Å². The molecule has 0 spiro atoms. The molecule has 0 saturated carbocycles. The Morgan fingerprint density at radius 3 is 2.59 bits per heavy atom. The molecular weight excluding hydrogens is 228 g/mol. The van der Waals surface area contributed by atoms with Gasteiger partial charge in [-0.2, -0.15) is 0 Å². The second kappa shape index (κ2) is 3.24. The van der Waals surface area contributed by atoms with E-state index in [1.807, 2.05) is 0 Å². The summed E-state index contributed by atoms with van der Waals surface area (Å²) in [6, 6.07) is 3.87. The third kappa shape index (κ3) is 1.42. The number of rotatable bonds is 1. The topological polar surface area (TPSA) is 86.0 Å². The molecule has 6 heteroatoms. The molecule has 6 nitrogen and oxygen atoms in total. The van der Waals surface area contributed by atoms with Gasteiger partial charge in [-0.05, 0) is 6.07 Å². The van der Waals surface area contributed by atoms with Gasteiger partial charge in [0.25, 0.3) is 0 Å². The van der Waals surface area contributed by atoms with Crippen molar-refractivity contribution in [3.63, 3.8) is 0 Å². The zero-order chi connectivity index (χ0) is 12.0. The molecule has 17 heavy (non-hydrogen) atoms. The molecule has 1 aromatic heterocycles. The molecule has 3 rings (SSSR count). The largest absolute Gasteiger partial charge is 0.475 e. The quantitative estimate of drug-likeness (QED) is 0.798. The van der Waals surface area contributed by atoms with Gasteiger partial charge >= 0.3 is 5.97 Å². The van der Waals surface area contributed by atoms with Gasteiger partial charge < -0.3 is 19.0 Å². The van der Waals surface area contributed by atoms with Crippen molar-refractivity contribution < 1.29 is 23.8 Å². The van der Waals surface area contributed by atoms with Crippen LogP contribution in [0.2, 0.25) is 0 Å². The number of carbonyl (C=O) groups is 1. The maximum atomic E-state index is 11.7. The van der Waals surface area contributed by atoms with Crippen LogP contribution in [0.3, 0.4) is 0 Å². The van der Waals surface area contributed by atoms with Gasteiger partial charge in [0.1, 0.15) is 5.58 Å².